The lowest BCUT2D eigenvalue weighted by atomic mass is 9.72. The number of esters is 1. The highest BCUT2D eigenvalue weighted by molar-refractivity contribution is 6.31. The molecule has 1 N–H and O–H groups in total. The second-order valence-electron chi connectivity index (χ2n) is 10.1. The SMILES string of the molecule is C=C(C)C(=O)OCc1cc(C(C)(C)CC(C)(C)C)cc(-n2nc3ccc(Cl)cc3n2)c1O. The van der Waals surface area contributed by atoms with Crippen molar-refractivity contribution in [1.29, 1.82) is 0 Å². The van der Waals surface area contributed by atoms with Gasteiger partial charge in [-0.25, -0.2) is 4.79 Å². The maximum Gasteiger partial charge on any atom is 0.333 e. The maximum absolute atomic E-state index is 12.0. The average molecular weight is 456 g/mol. The molecule has 0 fully saturated rings. The summed E-state index contributed by atoms with van der Waals surface area (Å²) >= 11 is 6.09. The number of ether oxygens (including phenoxy) is 1. The minimum absolute atomic E-state index is 0.0405. The summed E-state index contributed by atoms with van der Waals surface area (Å²) in [7, 11) is 0. The highest BCUT2D eigenvalue weighted by atomic mass is 35.5. The summed E-state index contributed by atoms with van der Waals surface area (Å²) in [5.74, 6) is -0.552. The first-order chi connectivity index (χ1) is 14.8. The number of halogens is 1. The predicted octanol–water partition coefficient (Wildman–Crippen LogP) is 6.11. The van der Waals surface area contributed by atoms with E-state index in [-0.39, 0.29) is 23.2 Å². The number of aromatic nitrogens is 3. The van der Waals surface area contributed by atoms with E-state index in [1.807, 2.05) is 12.1 Å². The summed E-state index contributed by atoms with van der Waals surface area (Å²) < 4.78 is 5.34. The van der Waals surface area contributed by atoms with Crippen LogP contribution in [0.5, 0.6) is 5.75 Å². The van der Waals surface area contributed by atoms with E-state index in [1.54, 1.807) is 25.1 Å². The molecule has 0 spiro atoms. The Morgan fingerprint density at radius 3 is 2.41 bits per heavy atom. The molecular formula is C25H30ClN3O3. The number of fused-ring (bicyclic) bond motifs is 1. The average Bonchev–Trinajstić information content (AvgIpc) is 3.07. The Morgan fingerprint density at radius 2 is 1.78 bits per heavy atom. The molecule has 0 bridgehead atoms. The Bertz CT molecular complexity index is 1190. The van der Waals surface area contributed by atoms with E-state index in [0.29, 0.717) is 32.9 Å². The topological polar surface area (TPSA) is 77.2 Å². The quantitative estimate of drug-likeness (QED) is 0.358. The molecule has 6 nitrogen and oxygen atoms in total. The second kappa shape index (κ2) is 8.58. The minimum Gasteiger partial charge on any atom is -0.505 e. The number of benzene rings is 2. The molecule has 32 heavy (non-hydrogen) atoms. The van der Waals surface area contributed by atoms with Crippen LogP contribution in [0.3, 0.4) is 0 Å². The van der Waals surface area contributed by atoms with E-state index in [4.69, 9.17) is 16.3 Å². The molecule has 3 rings (SSSR count). The fraction of sp³-hybridized carbons (Fsp3) is 0.400. The number of carbonyl (C=O) groups excluding carboxylic acids is 1. The number of rotatable bonds is 6. The van der Waals surface area contributed by atoms with E-state index in [2.05, 4.69) is 51.4 Å². The van der Waals surface area contributed by atoms with E-state index < -0.39 is 5.97 Å². The zero-order valence-corrected chi connectivity index (χ0v) is 20.2. The summed E-state index contributed by atoms with van der Waals surface area (Å²) in [4.78, 5) is 13.4. The van der Waals surface area contributed by atoms with Crippen molar-refractivity contribution in [3.63, 3.8) is 0 Å². The number of phenols is 1. The lowest BCUT2D eigenvalue weighted by Crippen LogP contribution is -2.25. The van der Waals surface area contributed by atoms with E-state index in [1.165, 1.54) is 4.80 Å². The first kappa shape index (κ1) is 23.8. The minimum atomic E-state index is -0.511. The molecule has 0 aliphatic rings. The third-order valence-corrected chi connectivity index (χ3v) is 5.42. The van der Waals surface area contributed by atoms with Crippen molar-refractivity contribution in [3.05, 3.63) is 58.6 Å². The number of carbonyl (C=O) groups is 1. The molecule has 0 saturated heterocycles. The van der Waals surface area contributed by atoms with Gasteiger partial charge < -0.3 is 9.84 Å². The van der Waals surface area contributed by atoms with Crippen LogP contribution in [-0.2, 0) is 21.6 Å². The van der Waals surface area contributed by atoms with Crippen LogP contribution >= 0.6 is 11.6 Å². The lowest BCUT2D eigenvalue weighted by Gasteiger charge is -2.33. The molecule has 1 heterocycles. The Morgan fingerprint density at radius 1 is 1.12 bits per heavy atom. The van der Waals surface area contributed by atoms with E-state index in [9.17, 15) is 9.90 Å². The van der Waals surface area contributed by atoms with E-state index in [0.717, 1.165) is 12.0 Å². The normalized spacial score (nSPS) is 12.2. The van der Waals surface area contributed by atoms with E-state index >= 15 is 0 Å². The summed E-state index contributed by atoms with van der Waals surface area (Å²) in [6, 6.07) is 9.03. The number of aromatic hydroxyl groups is 1. The third kappa shape index (κ3) is 5.30. The van der Waals surface area contributed by atoms with Crippen LogP contribution in [-0.4, -0.2) is 26.1 Å². The summed E-state index contributed by atoms with van der Waals surface area (Å²) in [5, 5.41) is 20.6. The molecule has 0 unspecified atom stereocenters. The standard InChI is InChI=1S/C25H30ClN3O3/c1-15(2)23(31)32-13-16-10-17(25(6,7)14-24(3,4)5)11-21(22(16)30)29-27-19-9-8-18(26)12-20(19)28-29/h8-12,30H,1,13-14H2,2-7H3. The summed E-state index contributed by atoms with van der Waals surface area (Å²) in [6.07, 6.45) is 0.902. The number of phenolic OH excluding ortho intramolecular Hbond substituents is 1. The Balaban J connectivity index is 2.14. The molecule has 170 valence electrons. The van der Waals surface area contributed by atoms with Gasteiger partial charge in [-0.1, -0.05) is 52.8 Å². The van der Waals surface area contributed by atoms with Crippen LogP contribution < -0.4 is 0 Å². The van der Waals surface area contributed by atoms with Crippen molar-refractivity contribution < 1.29 is 14.6 Å². The lowest BCUT2D eigenvalue weighted by molar-refractivity contribution is -0.140. The number of nitrogens with zero attached hydrogens (tertiary/aromatic N) is 3. The molecular weight excluding hydrogens is 426 g/mol. The highest BCUT2D eigenvalue weighted by Crippen LogP contribution is 2.40. The molecule has 2 aromatic carbocycles. The first-order valence-corrected chi connectivity index (χ1v) is 10.9. The van der Waals surface area contributed by atoms with Gasteiger partial charge in [0.05, 0.1) is 0 Å². The van der Waals surface area contributed by atoms with Gasteiger partial charge in [0.1, 0.15) is 29.1 Å². The fourth-order valence-corrected chi connectivity index (χ4v) is 4.19. The smallest absolute Gasteiger partial charge is 0.333 e. The third-order valence-electron chi connectivity index (χ3n) is 5.19. The van der Waals surface area contributed by atoms with Gasteiger partial charge in [0.25, 0.3) is 0 Å². The Hall–Kier alpha value is -2.86. The van der Waals surface area contributed by atoms with Crippen molar-refractivity contribution in [1.82, 2.24) is 15.0 Å². The molecule has 7 heteroatoms. The molecule has 3 aromatic rings. The van der Waals surface area contributed by atoms with Crippen LogP contribution in [0.15, 0.2) is 42.5 Å². The molecule has 0 aliphatic carbocycles. The second-order valence-corrected chi connectivity index (χ2v) is 10.5. The molecule has 1 aromatic heterocycles. The zero-order chi connectivity index (χ0) is 23.8. The van der Waals surface area contributed by atoms with Crippen LogP contribution in [0.2, 0.25) is 5.02 Å². The van der Waals surface area contributed by atoms with Gasteiger partial charge in [-0.3, -0.25) is 0 Å². The van der Waals surface area contributed by atoms with Crippen molar-refractivity contribution in [2.75, 3.05) is 0 Å². The molecule has 0 amide bonds. The maximum atomic E-state index is 12.0. The molecule has 0 aliphatic heterocycles. The van der Waals surface area contributed by atoms with Gasteiger partial charge >= 0.3 is 5.97 Å². The van der Waals surface area contributed by atoms with Gasteiger partial charge in [-0.15, -0.1) is 15.0 Å². The van der Waals surface area contributed by atoms with Gasteiger partial charge in [0.2, 0.25) is 0 Å². The molecule has 0 radical (unpaired) electrons. The summed E-state index contributed by atoms with van der Waals surface area (Å²) in [6.45, 7) is 16.0. The van der Waals surface area contributed by atoms with Crippen LogP contribution in [0.4, 0.5) is 0 Å². The van der Waals surface area contributed by atoms with Gasteiger partial charge in [0.15, 0.2) is 0 Å². The number of hydrogen-bond donors (Lipinski definition) is 1. The highest BCUT2D eigenvalue weighted by Gasteiger charge is 2.29. The zero-order valence-electron chi connectivity index (χ0n) is 19.5. The fourth-order valence-electron chi connectivity index (χ4n) is 4.02. The van der Waals surface area contributed by atoms with Crippen molar-refractivity contribution in [3.8, 4) is 11.4 Å². The van der Waals surface area contributed by atoms with Crippen molar-refractivity contribution in [2.24, 2.45) is 5.41 Å². The van der Waals surface area contributed by atoms with Gasteiger partial charge in [-0.2, -0.15) is 0 Å². The molecule has 0 saturated carbocycles. The van der Waals surface area contributed by atoms with Gasteiger partial charge in [0, 0.05) is 16.2 Å². The van der Waals surface area contributed by atoms with Crippen LogP contribution in [0.1, 0.15) is 59.1 Å². The number of hydrogen-bond acceptors (Lipinski definition) is 5. The monoisotopic (exact) mass is 455 g/mol. The van der Waals surface area contributed by atoms with Crippen LogP contribution in [0, 0.1) is 5.41 Å². The largest absolute Gasteiger partial charge is 0.505 e. The Kier molecular flexibility index (Phi) is 6.38. The van der Waals surface area contributed by atoms with Gasteiger partial charge in [-0.05, 0) is 60.1 Å². The van der Waals surface area contributed by atoms with Crippen molar-refractivity contribution in [2.45, 2.75) is 60.0 Å². The van der Waals surface area contributed by atoms with Crippen LogP contribution in [0.25, 0.3) is 16.7 Å². The van der Waals surface area contributed by atoms with Crippen molar-refractivity contribution >= 4 is 28.6 Å². The predicted molar refractivity (Wildman–Crippen MR) is 127 cm³/mol. The first-order valence-electron chi connectivity index (χ1n) is 10.5. The Labute approximate surface area is 193 Å². The summed E-state index contributed by atoms with van der Waals surface area (Å²) in [5.41, 5.74) is 3.32. The molecule has 0 atom stereocenters.